The van der Waals surface area contributed by atoms with Gasteiger partial charge in [-0.25, -0.2) is 4.98 Å². The van der Waals surface area contributed by atoms with Gasteiger partial charge in [-0.15, -0.1) is 0 Å². The number of nitrogens with one attached hydrogen (secondary N) is 1. The average Bonchev–Trinajstić information content (AvgIpc) is 3.51. The third-order valence-corrected chi connectivity index (χ3v) is 7.82. The van der Waals surface area contributed by atoms with Crippen molar-refractivity contribution in [2.24, 2.45) is 0 Å². The number of rotatable bonds is 10. The normalized spacial score (nSPS) is 20.9. The number of carboxylic acid groups (broad SMARTS) is 1. The zero-order chi connectivity index (χ0) is 25.2. The molecule has 0 radical (unpaired) electrons. The summed E-state index contributed by atoms with van der Waals surface area (Å²) in [4.78, 5) is 19.3. The lowest BCUT2D eigenvalue weighted by molar-refractivity contribution is -0.143. The first kappa shape index (κ1) is 24.3. The highest BCUT2D eigenvalue weighted by Crippen LogP contribution is 2.34. The van der Waals surface area contributed by atoms with E-state index < -0.39 is 12.0 Å². The Balaban J connectivity index is 1.04. The minimum absolute atomic E-state index is 0.0528. The summed E-state index contributed by atoms with van der Waals surface area (Å²) in [5, 5.41) is 19.2. The highest BCUT2D eigenvalue weighted by molar-refractivity contribution is 5.88. The number of hydrogen-bond donors (Lipinski definition) is 2. The monoisotopic (exact) mass is 505 g/mol. The molecule has 1 aromatic carbocycles. The van der Waals surface area contributed by atoms with Crippen molar-refractivity contribution in [1.29, 1.82) is 0 Å². The summed E-state index contributed by atoms with van der Waals surface area (Å²) >= 11 is 0. The van der Waals surface area contributed by atoms with Gasteiger partial charge in [0, 0.05) is 42.9 Å². The number of aromatic nitrogens is 3. The third-order valence-electron chi connectivity index (χ3n) is 7.82. The predicted octanol–water partition coefficient (Wildman–Crippen LogP) is 3.60. The molecule has 3 aliphatic heterocycles. The topological polar surface area (TPSA) is 102 Å². The van der Waals surface area contributed by atoms with Gasteiger partial charge in [-0.2, -0.15) is 5.10 Å². The summed E-state index contributed by atoms with van der Waals surface area (Å²) in [6.45, 7) is 4.23. The van der Waals surface area contributed by atoms with E-state index in [2.05, 4.69) is 22.5 Å². The zero-order valence-corrected chi connectivity index (χ0v) is 21.1. The van der Waals surface area contributed by atoms with E-state index in [1.54, 1.807) is 0 Å². The van der Waals surface area contributed by atoms with E-state index in [1.165, 1.54) is 12.0 Å². The zero-order valence-electron chi connectivity index (χ0n) is 21.1. The van der Waals surface area contributed by atoms with E-state index in [0.29, 0.717) is 32.9 Å². The fourth-order valence-electron chi connectivity index (χ4n) is 5.77. The van der Waals surface area contributed by atoms with Gasteiger partial charge in [-0.1, -0.05) is 24.3 Å². The van der Waals surface area contributed by atoms with Crippen LogP contribution < -0.4 is 5.32 Å². The van der Waals surface area contributed by atoms with E-state index in [1.807, 2.05) is 34.0 Å². The van der Waals surface area contributed by atoms with Crippen LogP contribution in [0.5, 0.6) is 0 Å². The molecule has 37 heavy (non-hydrogen) atoms. The fourth-order valence-corrected chi connectivity index (χ4v) is 5.77. The Bertz CT molecular complexity index is 1260. The molecule has 2 N–H and O–H groups in total. The summed E-state index contributed by atoms with van der Waals surface area (Å²) < 4.78 is 13.5. The molecular weight excluding hydrogens is 470 g/mol. The number of carbonyl (C=O) groups is 1. The lowest BCUT2D eigenvalue weighted by atomic mass is 10.0. The Kier molecular flexibility index (Phi) is 7.08. The summed E-state index contributed by atoms with van der Waals surface area (Å²) in [6, 6.07) is 9.64. The van der Waals surface area contributed by atoms with E-state index in [-0.39, 0.29) is 12.1 Å². The number of unbranched alkanes of at least 4 members (excludes halogenated alkanes) is 1. The first-order valence-electron chi connectivity index (χ1n) is 13.5. The van der Waals surface area contributed by atoms with Gasteiger partial charge >= 0.3 is 5.97 Å². The molecule has 0 bridgehead atoms. The number of carboxylic acids is 1. The Morgan fingerprint density at radius 1 is 1.24 bits per heavy atom. The molecule has 0 amide bonds. The molecule has 0 aliphatic carbocycles. The van der Waals surface area contributed by atoms with Crippen molar-refractivity contribution in [3.05, 3.63) is 53.3 Å². The first-order chi connectivity index (χ1) is 18.2. The number of anilines is 1. The van der Waals surface area contributed by atoms with Crippen LogP contribution in [0.1, 0.15) is 54.6 Å². The van der Waals surface area contributed by atoms with Gasteiger partial charge in [0.25, 0.3) is 0 Å². The number of aryl methyl sites for hydroxylation is 2. The number of ether oxygens (including phenoxy) is 2. The highest BCUT2D eigenvalue weighted by Gasteiger charge is 2.36. The molecular formula is C28H35N5O4. The molecule has 3 aliphatic rings. The van der Waals surface area contributed by atoms with Gasteiger partial charge in [-0.3, -0.25) is 14.4 Å². The Morgan fingerprint density at radius 2 is 2.16 bits per heavy atom. The average molecular weight is 506 g/mol. The maximum atomic E-state index is 12.5. The fraction of sp³-hybridized carbons (Fsp3) is 0.536. The smallest absolute Gasteiger partial charge is 0.325 e. The second kappa shape index (κ2) is 10.8. The van der Waals surface area contributed by atoms with Crippen LogP contribution >= 0.6 is 0 Å². The molecule has 0 spiro atoms. The Labute approximate surface area is 216 Å². The van der Waals surface area contributed by atoms with Gasteiger partial charge in [0.1, 0.15) is 11.9 Å². The summed E-state index contributed by atoms with van der Waals surface area (Å²) in [5.74, 6) is 0.219. The molecule has 196 valence electrons. The molecule has 2 aromatic heterocycles. The third kappa shape index (κ3) is 5.08. The molecule has 6 rings (SSSR count). The number of benzene rings is 1. The number of para-hydroxylation sites is 1. The van der Waals surface area contributed by atoms with Crippen LogP contribution in [0, 0.1) is 0 Å². The number of likely N-dealkylation sites (tertiary alicyclic amines) is 1. The lowest BCUT2D eigenvalue weighted by Gasteiger charge is -2.29. The minimum Gasteiger partial charge on any atom is -0.480 e. The molecule has 2 saturated heterocycles. The van der Waals surface area contributed by atoms with Crippen molar-refractivity contribution >= 4 is 22.7 Å². The van der Waals surface area contributed by atoms with E-state index in [9.17, 15) is 9.90 Å². The van der Waals surface area contributed by atoms with E-state index in [0.717, 1.165) is 66.6 Å². The maximum Gasteiger partial charge on any atom is 0.325 e. The van der Waals surface area contributed by atoms with Crippen LogP contribution in [-0.2, 0) is 27.1 Å². The lowest BCUT2D eigenvalue weighted by Crippen LogP contribution is -2.35. The molecule has 2 unspecified atom stereocenters. The SMILES string of the molecule is O=C(O)C(c1cccc2cnn(C3COC3)c12)N1CCC(OCCCCc2ccc3c(n2)NCCC3)C1. The van der Waals surface area contributed by atoms with Crippen molar-refractivity contribution in [1.82, 2.24) is 19.7 Å². The van der Waals surface area contributed by atoms with Crippen LogP contribution in [0.3, 0.4) is 0 Å². The van der Waals surface area contributed by atoms with Crippen molar-refractivity contribution < 1.29 is 19.4 Å². The number of nitrogens with zero attached hydrogens (tertiary/aromatic N) is 4. The number of pyridine rings is 1. The summed E-state index contributed by atoms with van der Waals surface area (Å²) in [6.07, 6.45) is 7.93. The number of aliphatic carboxylic acids is 1. The Morgan fingerprint density at radius 3 is 3.00 bits per heavy atom. The van der Waals surface area contributed by atoms with Gasteiger partial charge in [0.2, 0.25) is 0 Å². The van der Waals surface area contributed by atoms with Crippen molar-refractivity contribution in [3.8, 4) is 0 Å². The highest BCUT2D eigenvalue weighted by atomic mass is 16.5. The second-order valence-corrected chi connectivity index (χ2v) is 10.4. The quantitative estimate of drug-likeness (QED) is 0.403. The predicted molar refractivity (Wildman–Crippen MR) is 140 cm³/mol. The van der Waals surface area contributed by atoms with Gasteiger partial charge in [-0.05, 0) is 50.2 Å². The molecule has 2 atom stereocenters. The van der Waals surface area contributed by atoms with Crippen molar-refractivity contribution in [3.63, 3.8) is 0 Å². The van der Waals surface area contributed by atoms with Crippen molar-refractivity contribution in [2.45, 2.75) is 56.7 Å². The molecule has 0 saturated carbocycles. The molecule has 9 heteroatoms. The van der Waals surface area contributed by atoms with Crippen LogP contribution in [0.4, 0.5) is 5.82 Å². The van der Waals surface area contributed by atoms with Gasteiger partial charge in [0.15, 0.2) is 0 Å². The number of fused-ring (bicyclic) bond motifs is 2. The molecule has 9 nitrogen and oxygen atoms in total. The Hall–Kier alpha value is -3.01. The maximum absolute atomic E-state index is 12.5. The van der Waals surface area contributed by atoms with Crippen LogP contribution in [-0.4, -0.2) is 76.3 Å². The minimum atomic E-state index is -0.835. The van der Waals surface area contributed by atoms with Gasteiger partial charge < -0.3 is 19.9 Å². The van der Waals surface area contributed by atoms with Crippen LogP contribution in [0.15, 0.2) is 36.5 Å². The van der Waals surface area contributed by atoms with Crippen molar-refractivity contribution in [2.75, 3.05) is 44.8 Å². The summed E-state index contributed by atoms with van der Waals surface area (Å²) in [7, 11) is 0. The largest absolute Gasteiger partial charge is 0.480 e. The molecule has 5 heterocycles. The van der Waals surface area contributed by atoms with Crippen LogP contribution in [0.2, 0.25) is 0 Å². The molecule has 3 aromatic rings. The van der Waals surface area contributed by atoms with Crippen LogP contribution in [0.25, 0.3) is 10.9 Å². The molecule has 2 fully saturated rings. The van der Waals surface area contributed by atoms with Gasteiger partial charge in [0.05, 0.1) is 37.1 Å². The number of hydrogen-bond acceptors (Lipinski definition) is 7. The first-order valence-corrected chi connectivity index (χ1v) is 13.5. The van der Waals surface area contributed by atoms with E-state index in [4.69, 9.17) is 14.5 Å². The second-order valence-electron chi connectivity index (χ2n) is 10.4. The van der Waals surface area contributed by atoms with E-state index >= 15 is 0 Å². The standard InChI is InChI=1S/C28H35N5O4/c34-28(35)26(24-8-3-5-20-15-30-33(25(20)24)22-17-36-18-22)32-13-11-23(16-32)37-14-2-1-7-21-10-9-19-6-4-12-29-27(19)31-21/h3,5,8-10,15,22-23,26H,1-2,4,6-7,11-14,16-18H2,(H,29,31)(H,34,35). The summed E-state index contributed by atoms with van der Waals surface area (Å²) in [5.41, 5.74) is 4.15.